The molecule has 0 heterocycles. The molecule has 0 aliphatic carbocycles. The Morgan fingerprint density at radius 3 is 0.878 bits per heavy atom. The van der Waals surface area contributed by atoms with E-state index >= 15 is 0 Å². The van der Waals surface area contributed by atoms with E-state index in [4.69, 9.17) is 9.47 Å². The first-order chi connectivity index (χ1) is 36.6. The van der Waals surface area contributed by atoms with Gasteiger partial charge in [0.15, 0.2) is 6.10 Å². The fourth-order valence-electron chi connectivity index (χ4n) is 8.86. The van der Waals surface area contributed by atoms with E-state index in [-0.39, 0.29) is 25.2 Å². The minimum atomic E-state index is -0.782. The zero-order valence-corrected chi connectivity index (χ0v) is 48.6. The van der Waals surface area contributed by atoms with Crippen molar-refractivity contribution in [1.82, 2.24) is 0 Å². The van der Waals surface area contributed by atoms with Gasteiger partial charge in [0.1, 0.15) is 6.61 Å². The normalized spacial score (nSPS) is 13.0. The molecule has 5 heteroatoms. The van der Waals surface area contributed by atoms with Crippen LogP contribution < -0.4 is 0 Å². The van der Waals surface area contributed by atoms with Crippen LogP contribution in [0.5, 0.6) is 0 Å². The summed E-state index contributed by atoms with van der Waals surface area (Å²) in [6, 6.07) is 0. The zero-order chi connectivity index (χ0) is 53.4. The lowest BCUT2D eigenvalue weighted by molar-refractivity contribution is -0.161. The van der Waals surface area contributed by atoms with E-state index in [0.717, 1.165) is 96.3 Å². The van der Waals surface area contributed by atoms with Gasteiger partial charge in [-0.3, -0.25) is 9.59 Å². The Balaban J connectivity index is 3.47. The fourth-order valence-corrected chi connectivity index (χ4v) is 8.86. The highest BCUT2D eigenvalue weighted by Crippen LogP contribution is 2.17. The van der Waals surface area contributed by atoms with Crippen molar-refractivity contribution in [2.24, 2.45) is 0 Å². The number of allylic oxidation sites excluding steroid dienone is 18. The van der Waals surface area contributed by atoms with Crippen molar-refractivity contribution in [3.05, 3.63) is 109 Å². The van der Waals surface area contributed by atoms with Crippen molar-refractivity contribution >= 4 is 11.9 Å². The van der Waals surface area contributed by atoms with Gasteiger partial charge in [-0.25, -0.2) is 0 Å². The molecule has 0 rings (SSSR count). The van der Waals surface area contributed by atoms with E-state index in [0.29, 0.717) is 12.8 Å². The van der Waals surface area contributed by atoms with Crippen LogP contribution in [0.2, 0.25) is 0 Å². The molecular weight excluding hydrogens is 909 g/mol. The topological polar surface area (TPSA) is 72.8 Å². The molecule has 0 bridgehead atoms. The average Bonchev–Trinajstić information content (AvgIpc) is 3.40. The van der Waals surface area contributed by atoms with Crippen molar-refractivity contribution in [1.29, 1.82) is 0 Å². The molecule has 5 nitrogen and oxygen atoms in total. The lowest BCUT2D eigenvalue weighted by Crippen LogP contribution is -2.28. The predicted octanol–water partition coefficient (Wildman–Crippen LogP) is 21.6. The first-order valence-corrected chi connectivity index (χ1v) is 31.4. The summed E-state index contributed by atoms with van der Waals surface area (Å²) in [6.07, 6.45) is 92.3. The maximum Gasteiger partial charge on any atom is 0.306 e. The number of unbranched alkanes of at least 4 members (excludes halogenated alkanes) is 31. The summed E-state index contributed by atoms with van der Waals surface area (Å²) >= 11 is 0. The number of aliphatic hydroxyl groups is 1. The molecule has 0 saturated carbocycles. The second-order valence-corrected chi connectivity index (χ2v) is 20.8. The van der Waals surface area contributed by atoms with Gasteiger partial charge in [-0.2, -0.15) is 0 Å². The maximum atomic E-state index is 12.3. The standard InChI is InChI=1S/C69H118O5/c1-3-5-7-9-11-13-15-17-19-21-23-25-26-27-28-29-30-31-32-33-34-35-36-37-38-39-40-41-42-44-46-48-50-52-54-56-58-60-62-64-69(72)74-67(65-70)66-73-68(71)63-61-59-57-55-53-51-49-47-45-43-24-22-20-18-16-14-12-10-8-6-4-2/h5,7,11,13,16-19,22-25,27-28,30-31,45,47,67,70H,3-4,6,8-10,12,14-15,20-21,26,29,32-44,46,48-66H2,1-2H3/b7-5-,13-11-,18-16-,19-17-,24-22-,25-23-,28-27-,31-30-,47-45-. The quantitative estimate of drug-likeness (QED) is 0.0373. The van der Waals surface area contributed by atoms with Crippen LogP contribution in [0.1, 0.15) is 296 Å². The Kier molecular flexibility index (Phi) is 60.9. The molecule has 1 atom stereocenters. The highest BCUT2D eigenvalue weighted by atomic mass is 16.6. The van der Waals surface area contributed by atoms with Gasteiger partial charge in [-0.05, 0) is 103 Å². The molecule has 0 radical (unpaired) electrons. The first-order valence-electron chi connectivity index (χ1n) is 31.4. The molecular formula is C69H118O5. The van der Waals surface area contributed by atoms with E-state index < -0.39 is 6.10 Å². The molecule has 74 heavy (non-hydrogen) atoms. The molecule has 0 fully saturated rings. The van der Waals surface area contributed by atoms with E-state index in [1.54, 1.807) is 0 Å². The van der Waals surface area contributed by atoms with Gasteiger partial charge in [-0.15, -0.1) is 0 Å². The predicted molar refractivity (Wildman–Crippen MR) is 325 cm³/mol. The summed E-state index contributed by atoms with van der Waals surface area (Å²) in [5.74, 6) is -0.598. The first kappa shape index (κ1) is 70.6. The van der Waals surface area contributed by atoms with Crippen molar-refractivity contribution < 1.29 is 24.2 Å². The van der Waals surface area contributed by atoms with Gasteiger partial charge in [-0.1, -0.05) is 290 Å². The SMILES string of the molecule is CC/C=C\C/C=C\C/C=C\C/C=C\C/C=C\C/C=C\CCCCCCCCCCCCCCCCCCCCCCC(=O)OC(CO)COC(=O)CCCCCCCC/C=C\C/C=C\C/C=C\CCCCCCC. The number of hydrogen-bond donors (Lipinski definition) is 1. The Hall–Kier alpha value is -3.44. The molecule has 424 valence electrons. The zero-order valence-electron chi connectivity index (χ0n) is 48.6. The van der Waals surface area contributed by atoms with Gasteiger partial charge >= 0.3 is 11.9 Å². The van der Waals surface area contributed by atoms with Gasteiger partial charge in [0.25, 0.3) is 0 Å². The third-order valence-corrected chi connectivity index (χ3v) is 13.6. The number of carbonyl (C=O) groups is 2. The van der Waals surface area contributed by atoms with Gasteiger partial charge < -0.3 is 14.6 Å². The summed E-state index contributed by atoms with van der Waals surface area (Å²) < 4.78 is 10.7. The van der Waals surface area contributed by atoms with Gasteiger partial charge in [0, 0.05) is 12.8 Å². The van der Waals surface area contributed by atoms with Gasteiger partial charge in [0.2, 0.25) is 0 Å². The molecule has 0 aliphatic rings. The van der Waals surface area contributed by atoms with E-state index in [2.05, 4.69) is 123 Å². The van der Waals surface area contributed by atoms with Crippen molar-refractivity contribution in [2.45, 2.75) is 302 Å². The second kappa shape index (κ2) is 63.8. The fraction of sp³-hybridized carbons (Fsp3) is 0.710. The Morgan fingerprint density at radius 2 is 0.581 bits per heavy atom. The summed E-state index contributed by atoms with van der Waals surface area (Å²) in [7, 11) is 0. The molecule has 1 unspecified atom stereocenters. The lowest BCUT2D eigenvalue weighted by atomic mass is 10.0. The monoisotopic (exact) mass is 1030 g/mol. The summed E-state index contributed by atoms with van der Waals surface area (Å²) in [6.45, 7) is 4.02. The molecule has 0 aromatic heterocycles. The third-order valence-electron chi connectivity index (χ3n) is 13.6. The van der Waals surface area contributed by atoms with E-state index in [9.17, 15) is 14.7 Å². The van der Waals surface area contributed by atoms with Crippen molar-refractivity contribution in [3.63, 3.8) is 0 Å². The summed E-state index contributed by atoms with van der Waals surface area (Å²) in [4.78, 5) is 24.6. The third kappa shape index (κ3) is 61.1. The number of aliphatic hydroxyl groups excluding tert-OH is 1. The Morgan fingerprint density at radius 1 is 0.324 bits per heavy atom. The van der Waals surface area contributed by atoms with Crippen LogP contribution in [0.4, 0.5) is 0 Å². The van der Waals surface area contributed by atoms with Crippen molar-refractivity contribution in [3.8, 4) is 0 Å². The van der Waals surface area contributed by atoms with Crippen LogP contribution in [-0.2, 0) is 19.1 Å². The minimum absolute atomic E-state index is 0.0742. The highest BCUT2D eigenvalue weighted by molar-refractivity contribution is 5.70. The maximum absolute atomic E-state index is 12.3. The highest BCUT2D eigenvalue weighted by Gasteiger charge is 2.16. The van der Waals surface area contributed by atoms with E-state index in [1.165, 1.54) is 173 Å². The smallest absolute Gasteiger partial charge is 0.306 e. The largest absolute Gasteiger partial charge is 0.462 e. The van der Waals surface area contributed by atoms with Crippen LogP contribution in [0, 0.1) is 0 Å². The number of carbonyl (C=O) groups excluding carboxylic acids is 2. The number of esters is 2. The summed E-state index contributed by atoms with van der Waals surface area (Å²) in [5, 5.41) is 9.67. The average molecular weight is 1030 g/mol. The van der Waals surface area contributed by atoms with Gasteiger partial charge in [0.05, 0.1) is 6.61 Å². The second-order valence-electron chi connectivity index (χ2n) is 20.8. The van der Waals surface area contributed by atoms with Crippen molar-refractivity contribution in [2.75, 3.05) is 13.2 Å². The van der Waals surface area contributed by atoms with Crippen LogP contribution >= 0.6 is 0 Å². The number of ether oxygens (including phenoxy) is 2. The molecule has 0 aliphatic heterocycles. The Labute approximate surface area is 459 Å². The molecule has 0 aromatic rings. The summed E-state index contributed by atoms with van der Waals surface area (Å²) in [5.41, 5.74) is 0. The molecule has 0 aromatic carbocycles. The number of hydrogen-bond acceptors (Lipinski definition) is 5. The molecule has 1 N–H and O–H groups in total. The van der Waals surface area contributed by atoms with Crippen LogP contribution in [0.15, 0.2) is 109 Å². The lowest BCUT2D eigenvalue weighted by Gasteiger charge is -2.15. The molecule has 0 amide bonds. The molecule has 0 spiro atoms. The van der Waals surface area contributed by atoms with Crippen LogP contribution in [0.25, 0.3) is 0 Å². The number of rotatable bonds is 57. The van der Waals surface area contributed by atoms with Crippen LogP contribution in [0.3, 0.4) is 0 Å². The minimum Gasteiger partial charge on any atom is -0.462 e. The Bertz CT molecular complexity index is 1440. The van der Waals surface area contributed by atoms with E-state index in [1.807, 2.05) is 0 Å². The molecule has 0 saturated heterocycles. The van der Waals surface area contributed by atoms with Crippen LogP contribution in [-0.4, -0.2) is 36.4 Å².